The number of aryl methyl sites for hydroxylation is 1. The molecule has 1 aliphatic rings. The predicted octanol–water partition coefficient (Wildman–Crippen LogP) is 2.76. The first kappa shape index (κ1) is 15.8. The summed E-state index contributed by atoms with van der Waals surface area (Å²) >= 11 is 0. The molecule has 6 heteroatoms. The van der Waals surface area contributed by atoms with Gasteiger partial charge in [0.05, 0.1) is 24.1 Å². The highest BCUT2D eigenvalue weighted by molar-refractivity contribution is 6.07. The van der Waals surface area contributed by atoms with Crippen molar-refractivity contribution in [3.05, 3.63) is 35.7 Å². The van der Waals surface area contributed by atoms with Gasteiger partial charge in [0, 0.05) is 18.1 Å². The number of allylic oxidation sites excluding steroid dienone is 1. The maximum absolute atomic E-state index is 6.24. The lowest BCUT2D eigenvalue weighted by Crippen LogP contribution is -2.16. The largest absolute Gasteiger partial charge is 0.382 e. The number of nitrogen functional groups attached to an aromatic ring is 1. The van der Waals surface area contributed by atoms with E-state index in [2.05, 4.69) is 51.9 Å². The van der Waals surface area contributed by atoms with Crippen molar-refractivity contribution >= 4 is 39.5 Å². The van der Waals surface area contributed by atoms with Gasteiger partial charge in [-0.3, -0.25) is 4.99 Å². The lowest BCUT2D eigenvalue weighted by Gasteiger charge is -2.10. The third kappa shape index (κ3) is 2.59. The second-order valence-corrected chi connectivity index (χ2v) is 6.16. The van der Waals surface area contributed by atoms with Gasteiger partial charge >= 0.3 is 0 Å². The van der Waals surface area contributed by atoms with Gasteiger partial charge < -0.3 is 15.6 Å². The van der Waals surface area contributed by atoms with Crippen LogP contribution in [0.4, 0.5) is 5.82 Å². The molecular weight excluding hydrogens is 312 g/mol. The number of pyridine rings is 1. The van der Waals surface area contributed by atoms with Gasteiger partial charge in [0.2, 0.25) is 0 Å². The van der Waals surface area contributed by atoms with Crippen molar-refractivity contribution in [1.29, 1.82) is 0 Å². The van der Waals surface area contributed by atoms with E-state index in [0.29, 0.717) is 5.82 Å². The monoisotopic (exact) mass is 334 g/mol. The first-order valence-corrected chi connectivity index (χ1v) is 8.71. The minimum Gasteiger partial charge on any atom is -0.382 e. The average molecular weight is 334 g/mol. The molecule has 0 bridgehead atoms. The molecule has 3 N–H and O–H groups in total. The molecule has 0 unspecified atom stereocenters. The van der Waals surface area contributed by atoms with Gasteiger partial charge in [-0.25, -0.2) is 9.97 Å². The molecule has 0 aliphatic carbocycles. The van der Waals surface area contributed by atoms with Crippen molar-refractivity contribution < 1.29 is 0 Å². The molecule has 0 radical (unpaired) electrons. The van der Waals surface area contributed by atoms with Crippen LogP contribution in [0.5, 0.6) is 0 Å². The first-order valence-electron chi connectivity index (χ1n) is 8.71. The number of aromatic nitrogens is 3. The quantitative estimate of drug-likeness (QED) is 0.752. The molecule has 0 atom stereocenters. The molecule has 2 aromatic heterocycles. The molecule has 0 fully saturated rings. The predicted molar refractivity (Wildman–Crippen MR) is 104 cm³/mol. The molecule has 0 amide bonds. The topological polar surface area (TPSA) is 81.1 Å². The normalized spacial score (nSPS) is 13.9. The third-order valence-corrected chi connectivity index (χ3v) is 4.65. The summed E-state index contributed by atoms with van der Waals surface area (Å²) in [6.45, 7) is 7.42. The molecular formula is C19H22N6. The van der Waals surface area contributed by atoms with E-state index in [1.807, 2.05) is 12.3 Å². The van der Waals surface area contributed by atoms with E-state index in [0.717, 1.165) is 59.5 Å². The molecule has 4 rings (SSSR count). The van der Waals surface area contributed by atoms with E-state index in [-0.39, 0.29) is 0 Å². The van der Waals surface area contributed by atoms with Gasteiger partial charge in [0.15, 0.2) is 5.82 Å². The van der Waals surface area contributed by atoms with E-state index >= 15 is 0 Å². The number of rotatable bonds is 5. The number of nitrogens with two attached hydrogens (primary N) is 1. The summed E-state index contributed by atoms with van der Waals surface area (Å²) in [5.74, 6) is 1.48. The van der Waals surface area contributed by atoms with Gasteiger partial charge in [-0.05, 0) is 36.7 Å². The molecule has 0 spiro atoms. The smallest absolute Gasteiger partial charge is 0.152 e. The van der Waals surface area contributed by atoms with Crippen molar-refractivity contribution in [1.82, 2.24) is 19.9 Å². The highest BCUT2D eigenvalue weighted by Gasteiger charge is 2.17. The zero-order chi connectivity index (χ0) is 17.4. The van der Waals surface area contributed by atoms with Crippen LogP contribution in [0.15, 0.2) is 29.3 Å². The van der Waals surface area contributed by atoms with E-state index in [1.165, 1.54) is 5.57 Å². The maximum Gasteiger partial charge on any atom is 0.152 e. The SMILES string of the molecule is CCNCc1nc2c(N)nc3cc(C4=CC=NC4)ccc3c2n1CC. The Bertz CT molecular complexity index is 1010. The summed E-state index contributed by atoms with van der Waals surface area (Å²) in [7, 11) is 0. The Morgan fingerprint density at radius 2 is 2.12 bits per heavy atom. The van der Waals surface area contributed by atoms with Crippen LogP contribution in [0.1, 0.15) is 25.2 Å². The number of nitrogens with one attached hydrogen (secondary N) is 1. The fourth-order valence-corrected chi connectivity index (χ4v) is 3.40. The number of aliphatic imine (C=N–C) groups is 1. The van der Waals surface area contributed by atoms with Crippen LogP contribution in [-0.2, 0) is 13.1 Å². The Kier molecular flexibility index (Phi) is 3.97. The van der Waals surface area contributed by atoms with Gasteiger partial charge in [0.1, 0.15) is 11.3 Å². The number of benzene rings is 1. The van der Waals surface area contributed by atoms with Crippen LogP contribution >= 0.6 is 0 Å². The van der Waals surface area contributed by atoms with E-state index in [4.69, 9.17) is 10.7 Å². The van der Waals surface area contributed by atoms with Crippen LogP contribution in [0.3, 0.4) is 0 Å². The summed E-state index contributed by atoms with van der Waals surface area (Å²) in [5.41, 5.74) is 11.4. The molecule has 3 heterocycles. The van der Waals surface area contributed by atoms with Crippen LogP contribution in [-0.4, -0.2) is 33.8 Å². The van der Waals surface area contributed by atoms with Crippen molar-refractivity contribution in [3.8, 4) is 0 Å². The Morgan fingerprint density at radius 3 is 2.84 bits per heavy atom. The van der Waals surface area contributed by atoms with Gasteiger partial charge in [0.25, 0.3) is 0 Å². The van der Waals surface area contributed by atoms with Gasteiger partial charge in [-0.15, -0.1) is 0 Å². The fourth-order valence-electron chi connectivity index (χ4n) is 3.40. The molecule has 1 aromatic carbocycles. The molecule has 128 valence electrons. The summed E-state index contributed by atoms with van der Waals surface area (Å²) in [5, 5.41) is 4.44. The molecule has 0 saturated carbocycles. The fraction of sp³-hybridized carbons (Fsp3) is 0.316. The highest BCUT2D eigenvalue weighted by atomic mass is 15.1. The van der Waals surface area contributed by atoms with Crippen LogP contribution in [0.25, 0.3) is 27.5 Å². The Balaban J connectivity index is 1.94. The molecule has 1 aliphatic heterocycles. The zero-order valence-electron chi connectivity index (χ0n) is 14.6. The van der Waals surface area contributed by atoms with Gasteiger partial charge in [-0.1, -0.05) is 19.1 Å². The van der Waals surface area contributed by atoms with Crippen molar-refractivity contribution in [2.45, 2.75) is 26.9 Å². The Labute approximate surface area is 146 Å². The number of nitrogens with zero attached hydrogens (tertiary/aromatic N) is 4. The average Bonchev–Trinajstić information content (AvgIpc) is 3.27. The number of hydrogen-bond acceptors (Lipinski definition) is 5. The number of fused-ring (bicyclic) bond motifs is 3. The summed E-state index contributed by atoms with van der Waals surface area (Å²) in [4.78, 5) is 13.6. The number of hydrogen-bond donors (Lipinski definition) is 2. The van der Waals surface area contributed by atoms with Crippen LogP contribution in [0, 0.1) is 0 Å². The van der Waals surface area contributed by atoms with Crippen molar-refractivity contribution in [2.24, 2.45) is 4.99 Å². The highest BCUT2D eigenvalue weighted by Crippen LogP contribution is 2.31. The molecule has 3 aromatic rings. The molecule has 25 heavy (non-hydrogen) atoms. The van der Waals surface area contributed by atoms with Crippen molar-refractivity contribution in [3.63, 3.8) is 0 Å². The summed E-state index contributed by atoms with van der Waals surface area (Å²) in [6.07, 6.45) is 3.90. The Hall–Kier alpha value is -2.73. The lowest BCUT2D eigenvalue weighted by atomic mass is 10.0. The maximum atomic E-state index is 6.24. The summed E-state index contributed by atoms with van der Waals surface area (Å²) in [6, 6.07) is 6.36. The van der Waals surface area contributed by atoms with E-state index < -0.39 is 0 Å². The second kappa shape index (κ2) is 6.29. The minimum absolute atomic E-state index is 0.487. The van der Waals surface area contributed by atoms with Crippen molar-refractivity contribution in [2.75, 3.05) is 18.8 Å². The zero-order valence-corrected chi connectivity index (χ0v) is 14.6. The standard InChI is InChI=1S/C19H22N6/c1-3-21-11-16-24-17-18(25(16)4-2)14-6-5-12(13-7-8-22-10-13)9-15(14)23-19(17)20/h5-9,21H,3-4,10-11H2,1-2H3,(H2,20,23). The summed E-state index contributed by atoms with van der Waals surface area (Å²) < 4.78 is 2.23. The number of anilines is 1. The van der Waals surface area contributed by atoms with Gasteiger partial charge in [-0.2, -0.15) is 0 Å². The third-order valence-electron chi connectivity index (χ3n) is 4.65. The first-order chi connectivity index (χ1) is 12.2. The lowest BCUT2D eigenvalue weighted by molar-refractivity contribution is 0.639. The second-order valence-electron chi connectivity index (χ2n) is 6.16. The Morgan fingerprint density at radius 1 is 1.24 bits per heavy atom. The number of imidazole rings is 1. The minimum atomic E-state index is 0.487. The van der Waals surface area contributed by atoms with E-state index in [1.54, 1.807) is 0 Å². The van der Waals surface area contributed by atoms with E-state index in [9.17, 15) is 0 Å². The van der Waals surface area contributed by atoms with Crippen LogP contribution in [0.2, 0.25) is 0 Å². The molecule has 6 nitrogen and oxygen atoms in total. The molecule has 0 saturated heterocycles. The van der Waals surface area contributed by atoms with Crippen LogP contribution < -0.4 is 11.1 Å².